The lowest BCUT2D eigenvalue weighted by Gasteiger charge is -2.21. The van der Waals surface area contributed by atoms with E-state index < -0.39 is 16.0 Å². The molecule has 1 unspecified atom stereocenters. The van der Waals surface area contributed by atoms with Gasteiger partial charge in [0.1, 0.15) is 0 Å². The maximum atomic E-state index is 12.7. The van der Waals surface area contributed by atoms with Crippen LogP contribution >= 0.6 is 0 Å². The van der Waals surface area contributed by atoms with Crippen molar-refractivity contribution >= 4 is 21.7 Å². The van der Waals surface area contributed by atoms with Crippen LogP contribution in [-0.4, -0.2) is 36.9 Å². The van der Waals surface area contributed by atoms with Crippen molar-refractivity contribution in [1.29, 1.82) is 0 Å². The van der Waals surface area contributed by atoms with E-state index >= 15 is 0 Å². The van der Waals surface area contributed by atoms with Crippen molar-refractivity contribution in [1.82, 2.24) is 4.31 Å². The topological polar surface area (TPSA) is 101 Å². The monoisotopic (exact) mass is 312 g/mol. The minimum absolute atomic E-state index is 0.218. The molecule has 1 atom stereocenters. The van der Waals surface area contributed by atoms with Crippen molar-refractivity contribution in [3.63, 3.8) is 0 Å². The lowest BCUT2D eigenvalue weighted by Crippen LogP contribution is -2.33. The number of carboxylic acids is 1. The van der Waals surface area contributed by atoms with Gasteiger partial charge in [0, 0.05) is 18.8 Å². The van der Waals surface area contributed by atoms with E-state index in [0.717, 1.165) is 19.3 Å². The Kier molecular flexibility index (Phi) is 4.53. The highest BCUT2D eigenvalue weighted by molar-refractivity contribution is 7.89. The van der Waals surface area contributed by atoms with Crippen molar-refractivity contribution in [3.05, 3.63) is 23.8 Å². The largest absolute Gasteiger partial charge is 0.478 e. The Hall–Kier alpha value is -1.60. The number of carbonyl (C=O) groups is 1. The third-order valence-electron chi connectivity index (χ3n) is 3.83. The zero-order valence-corrected chi connectivity index (χ0v) is 12.8. The highest BCUT2D eigenvalue weighted by Gasteiger charge is 2.30. The second-order valence-electron chi connectivity index (χ2n) is 5.50. The maximum absolute atomic E-state index is 12.7. The molecule has 0 amide bonds. The van der Waals surface area contributed by atoms with Gasteiger partial charge in [0.25, 0.3) is 0 Å². The van der Waals surface area contributed by atoms with Crippen molar-refractivity contribution in [2.45, 2.75) is 31.1 Å². The van der Waals surface area contributed by atoms with E-state index in [4.69, 9.17) is 5.73 Å². The molecule has 1 aliphatic heterocycles. The Bertz CT molecular complexity index is 642. The molecule has 1 aliphatic rings. The van der Waals surface area contributed by atoms with Gasteiger partial charge >= 0.3 is 5.97 Å². The van der Waals surface area contributed by atoms with Crippen molar-refractivity contribution in [2.24, 2.45) is 5.92 Å². The molecule has 0 aromatic heterocycles. The first-order chi connectivity index (χ1) is 9.82. The first-order valence-corrected chi connectivity index (χ1v) is 8.39. The van der Waals surface area contributed by atoms with E-state index in [1.807, 2.05) is 0 Å². The average molecular weight is 312 g/mol. The van der Waals surface area contributed by atoms with Crippen LogP contribution in [-0.2, 0) is 10.0 Å². The Labute approximate surface area is 124 Å². The summed E-state index contributed by atoms with van der Waals surface area (Å²) >= 11 is 0. The zero-order valence-electron chi connectivity index (χ0n) is 11.9. The third kappa shape index (κ3) is 3.36. The number of carboxylic acid groups (broad SMARTS) is 1. The number of hydrogen-bond acceptors (Lipinski definition) is 4. The second-order valence-corrected chi connectivity index (χ2v) is 7.41. The van der Waals surface area contributed by atoms with Crippen LogP contribution in [0.15, 0.2) is 23.1 Å². The van der Waals surface area contributed by atoms with Crippen LogP contribution in [0, 0.1) is 5.92 Å². The smallest absolute Gasteiger partial charge is 0.337 e. The first-order valence-electron chi connectivity index (χ1n) is 6.95. The number of sulfonamides is 1. The fourth-order valence-electron chi connectivity index (χ4n) is 2.55. The van der Waals surface area contributed by atoms with Gasteiger partial charge in [-0.1, -0.05) is 6.92 Å². The van der Waals surface area contributed by atoms with E-state index in [1.54, 1.807) is 0 Å². The zero-order chi connectivity index (χ0) is 15.6. The second kappa shape index (κ2) is 6.03. The third-order valence-corrected chi connectivity index (χ3v) is 5.77. The van der Waals surface area contributed by atoms with Gasteiger partial charge < -0.3 is 10.8 Å². The Balaban J connectivity index is 2.43. The van der Waals surface area contributed by atoms with Gasteiger partial charge in [-0.05, 0) is 43.4 Å². The summed E-state index contributed by atoms with van der Waals surface area (Å²) in [4.78, 5) is 11.0. The highest BCUT2D eigenvalue weighted by Crippen LogP contribution is 2.26. The minimum atomic E-state index is -3.83. The van der Waals surface area contributed by atoms with Crippen LogP contribution in [0.25, 0.3) is 0 Å². The van der Waals surface area contributed by atoms with Gasteiger partial charge in [0.15, 0.2) is 0 Å². The number of aromatic carboxylic acids is 1. The molecule has 116 valence electrons. The van der Waals surface area contributed by atoms with Crippen LogP contribution in [0.3, 0.4) is 0 Å². The van der Waals surface area contributed by atoms with E-state index in [-0.39, 0.29) is 16.1 Å². The average Bonchev–Trinajstić information content (AvgIpc) is 2.63. The molecule has 0 bridgehead atoms. The number of rotatable bonds is 3. The first kappa shape index (κ1) is 15.8. The van der Waals surface area contributed by atoms with Crippen LogP contribution in [0.5, 0.6) is 0 Å². The normalized spacial score (nSPS) is 20.9. The van der Waals surface area contributed by atoms with E-state index in [0.29, 0.717) is 19.0 Å². The van der Waals surface area contributed by atoms with Crippen molar-refractivity contribution < 1.29 is 18.3 Å². The summed E-state index contributed by atoms with van der Waals surface area (Å²) in [7, 11) is -3.83. The van der Waals surface area contributed by atoms with Gasteiger partial charge in [-0.25, -0.2) is 13.2 Å². The number of hydrogen-bond donors (Lipinski definition) is 2. The Morgan fingerprint density at radius 2 is 2.05 bits per heavy atom. The molecule has 1 heterocycles. The number of nitrogens with zero attached hydrogens (tertiary/aromatic N) is 1. The Morgan fingerprint density at radius 1 is 1.33 bits per heavy atom. The van der Waals surface area contributed by atoms with Gasteiger partial charge in [0.2, 0.25) is 10.0 Å². The fourth-order valence-corrected chi connectivity index (χ4v) is 4.26. The molecule has 1 aromatic rings. The number of nitrogen functional groups attached to an aromatic ring is 1. The molecule has 6 nitrogen and oxygen atoms in total. The molecule has 3 N–H and O–H groups in total. The molecular weight excluding hydrogens is 292 g/mol. The highest BCUT2D eigenvalue weighted by atomic mass is 32.2. The molecule has 21 heavy (non-hydrogen) atoms. The summed E-state index contributed by atoms with van der Waals surface area (Å²) in [5.74, 6) is -0.790. The molecule has 2 rings (SSSR count). The van der Waals surface area contributed by atoms with E-state index in [1.165, 1.54) is 22.5 Å². The predicted molar refractivity (Wildman–Crippen MR) is 79.6 cm³/mol. The summed E-state index contributed by atoms with van der Waals surface area (Å²) in [6.07, 6.45) is 2.55. The molecule has 0 aliphatic carbocycles. The lowest BCUT2D eigenvalue weighted by molar-refractivity contribution is 0.0692. The summed E-state index contributed by atoms with van der Waals surface area (Å²) in [6.45, 7) is 2.93. The van der Waals surface area contributed by atoms with Crippen LogP contribution < -0.4 is 5.73 Å². The van der Waals surface area contributed by atoms with Gasteiger partial charge in [-0.15, -0.1) is 0 Å². The van der Waals surface area contributed by atoms with E-state index in [9.17, 15) is 18.3 Å². The predicted octanol–water partition coefficient (Wildman–Crippen LogP) is 1.78. The van der Waals surface area contributed by atoms with Crippen LogP contribution in [0.4, 0.5) is 5.69 Å². The summed E-state index contributed by atoms with van der Waals surface area (Å²) in [5, 5.41) is 9.19. The standard InChI is InChI=1S/C14H20N2O4S/c1-10-3-2-7-16(8-6-10)21(19,20)13-9-11(15)4-5-12(13)14(17)18/h4-5,9-10H,2-3,6-8,15H2,1H3,(H,17,18). The minimum Gasteiger partial charge on any atom is -0.478 e. The number of benzene rings is 1. The summed E-state index contributed by atoms with van der Waals surface area (Å²) in [6, 6.07) is 3.87. The van der Waals surface area contributed by atoms with Gasteiger partial charge in [-0.2, -0.15) is 4.31 Å². The summed E-state index contributed by atoms with van der Waals surface area (Å²) < 4.78 is 26.8. The van der Waals surface area contributed by atoms with Crippen molar-refractivity contribution in [3.8, 4) is 0 Å². The molecular formula is C14H20N2O4S. The molecule has 1 saturated heterocycles. The Morgan fingerprint density at radius 3 is 2.71 bits per heavy atom. The fraction of sp³-hybridized carbons (Fsp3) is 0.500. The van der Waals surface area contributed by atoms with Gasteiger partial charge in [-0.3, -0.25) is 0 Å². The molecule has 0 saturated carbocycles. The molecule has 1 aromatic carbocycles. The SMILES string of the molecule is CC1CCCN(S(=O)(=O)c2cc(N)ccc2C(=O)O)CC1. The summed E-state index contributed by atoms with van der Waals surface area (Å²) in [5.41, 5.74) is 5.63. The number of nitrogens with two attached hydrogens (primary N) is 1. The van der Waals surface area contributed by atoms with E-state index in [2.05, 4.69) is 6.92 Å². The lowest BCUT2D eigenvalue weighted by atomic mass is 10.0. The van der Waals surface area contributed by atoms with Crippen LogP contribution in [0.1, 0.15) is 36.5 Å². The molecule has 1 fully saturated rings. The van der Waals surface area contributed by atoms with Gasteiger partial charge in [0.05, 0.1) is 10.5 Å². The quantitative estimate of drug-likeness (QED) is 0.829. The molecule has 0 radical (unpaired) electrons. The van der Waals surface area contributed by atoms with Crippen molar-refractivity contribution in [2.75, 3.05) is 18.8 Å². The maximum Gasteiger partial charge on any atom is 0.337 e. The molecule has 0 spiro atoms. The van der Waals surface area contributed by atoms with Crippen LogP contribution in [0.2, 0.25) is 0 Å². The number of anilines is 1. The molecule has 7 heteroatoms.